The highest BCUT2D eigenvalue weighted by molar-refractivity contribution is 5.71. The van der Waals surface area contributed by atoms with E-state index < -0.39 is 0 Å². The van der Waals surface area contributed by atoms with Crippen molar-refractivity contribution in [1.29, 1.82) is 0 Å². The second-order valence-electron chi connectivity index (χ2n) is 10.6. The average molecular weight is 600 g/mol. The fourth-order valence-electron chi connectivity index (χ4n) is 5.63. The van der Waals surface area contributed by atoms with Gasteiger partial charge in [0, 0.05) is 51.0 Å². The number of methoxy groups -OCH3 is 6. The molecule has 0 N–H and O–H groups in total. The van der Waals surface area contributed by atoms with E-state index >= 15 is 0 Å². The van der Waals surface area contributed by atoms with Gasteiger partial charge in [-0.05, 0) is 58.7 Å². The standard InChI is InChI=1S/C35H41N3O6/c1-39-30-18-27(19-31(40-2)34(30)43-5)26-9-7-24(8-10-26)22-37-13-15-38(16-14-37)23-25-11-12-36-29(17-25)28-20-32(41-3)35(44-6)33(21-28)42-4/h7-12,17-21H,13-16,22-23H2,1-6H3. The van der Waals surface area contributed by atoms with Gasteiger partial charge in [0.25, 0.3) is 0 Å². The van der Waals surface area contributed by atoms with Crippen molar-refractivity contribution in [2.24, 2.45) is 0 Å². The number of nitrogens with zero attached hydrogens (tertiary/aromatic N) is 3. The summed E-state index contributed by atoms with van der Waals surface area (Å²) in [5, 5.41) is 0. The minimum Gasteiger partial charge on any atom is -0.493 e. The molecule has 5 rings (SSSR count). The molecule has 1 saturated heterocycles. The normalized spacial score (nSPS) is 13.8. The van der Waals surface area contributed by atoms with Crippen molar-refractivity contribution in [2.75, 3.05) is 68.8 Å². The molecule has 0 bridgehead atoms. The van der Waals surface area contributed by atoms with Gasteiger partial charge in [0.1, 0.15) is 0 Å². The van der Waals surface area contributed by atoms with Gasteiger partial charge in [0.05, 0.1) is 48.4 Å². The van der Waals surface area contributed by atoms with Gasteiger partial charge in [0.15, 0.2) is 23.0 Å². The van der Waals surface area contributed by atoms with Gasteiger partial charge >= 0.3 is 0 Å². The molecule has 0 spiro atoms. The van der Waals surface area contributed by atoms with Crippen molar-refractivity contribution in [1.82, 2.24) is 14.8 Å². The molecule has 1 fully saturated rings. The first-order valence-corrected chi connectivity index (χ1v) is 14.6. The van der Waals surface area contributed by atoms with Crippen LogP contribution in [0.15, 0.2) is 66.9 Å². The maximum atomic E-state index is 5.54. The number of piperazine rings is 1. The molecule has 2 heterocycles. The van der Waals surface area contributed by atoms with Crippen LogP contribution in [0.25, 0.3) is 22.4 Å². The molecule has 44 heavy (non-hydrogen) atoms. The third-order valence-electron chi connectivity index (χ3n) is 8.01. The number of benzene rings is 3. The van der Waals surface area contributed by atoms with Gasteiger partial charge in [-0.15, -0.1) is 0 Å². The summed E-state index contributed by atoms with van der Waals surface area (Å²) in [4.78, 5) is 9.63. The monoisotopic (exact) mass is 599 g/mol. The SMILES string of the molecule is COc1cc(-c2ccc(CN3CCN(Cc4ccnc(-c5cc(OC)c(OC)c(OC)c5)c4)CC3)cc2)cc(OC)c1OC. The van der Waals surface area contributed by atoms with Crippen LogP contribution in [0.4, 0.5) is 0 Å². The quantitative estimate of drug-likeness (QED) is 0.201. The highest BCUT2D eigenvalue weighted by Gasteiger charge is 2.19. The van der Waals surface area contributed by atoms with Crippen LogP contribution >= 0.6 is 0 Å². The van der Waals surface area contributed by atoms with Gasteiger partial charge in [-0.1, -0.05) is 24.3 Å². The maximum Gasteiger partial charge on any atom is 0.203 e. The molecular weight excluding hydrogens is 558 g/mol. The Labute approximate surface area is 259 Å². The van der Waals surface area contributed by atoms with Gasteiger partial charge in [-0.2, -0.15) is 0 Å². The summed E-state index contributed by atoms with van der Waals surface area (Å²) < 4.78 is 33.1. The molecule has 4 aromatic rings. The summed E-state index contributed by atoms with van der Waals surface area (Å²) in [6, 6.07) is 20.8. The largest absolute Gasteiger partial charge is 0.493 e. The molecule has 0 amide bonds. The lowest BCUT2D eigenvalue weighted by Gasteiger charge is -2.34. The van der Waals surface area contributed by atoms with Gasteiger partial charge < -0.3 is 28.4 Å². The minimum absolute atomic E-state index is 0.572. The fourth-order valence-corrected chi connectivity index (χ4v) is 5.63. The molecule has 0 radical (unpaired) electrons. The fraction of sp³-hybridized carbons (Fsp3) is 0.343. The molecular formula is C35H41N3O6. The third-order valence-corrected chi connectivity index (χ3v) is 8.01. The number of pyridine rings is 1. The molecule has 1 aliphatic rings. The topological polar surface area (TPSA) is 74.8 Å². The zero-order valence-electron chi connectivity index (χ0n) is 26.4. The molecule has 3 aromatic carbocycles. The van der Waals surface area contributed by atoms with Crippen LogP contribution in [0.1, 0.15) is 11.1 Å². The highest BCUT2D eigenvalue weighted by Crippen LogP contribution is 2.42. The zero-order chi connectivity index (χ0) is 31.1. The summed E-state index contributed by atoms with van der Waals surface area (Å²) in [5.41, 5.74) is 6.42. The summed E-state index contributed by atoms with van der Waals surface area (Å²) in [5.74, 6) is 3.68. The van der Waals surface area contributed by atoms with Crippen molar-refractivity contribution in [3.63, 3.8) is 0 Å². The first-order chi connectivity index (χ1) is 21.5. The van der Waals surface area contributed by atoms with Crippen molar-refractivity contribution in [2.45, 2.75) is 13.1 Å². The van der Waals surface area contributed by atoms with Gasteiger partial charge in [0.2, 0.25) is 11.5 Å². The summed E-state index contributed by atoms with van der Waals surface area (Å²) in [6.45, 7) is 5.83. The number of hydrogen-bond donors (Lipinski definition) is 0. The lowest BCUT2D eigenvalue weighted by molar-refractivity contribution is 0.122. The van der Waals surface area contributed by atoms with E-state index in [1.807, 2.05) is 30.5 Å². The van der Waals surface area contributed by atoms with E-state index in [0.29, 0.717) is 34.5 Å². The minimum atomic E-state index is 0.572. The van der Waals surface area contributed by atoms with Crippen LogP contribution in [-0.4, -0.2) is 83.6 Å². The highest BCUT2D eigenvalue weighted by atomic mass is 16.5. The predicted octanol–water partition coefficient (Wildman–Crippen LogP) is 5.79. The smallest absolute Gasteiger partial charge is 0.203 e. The molecule has 1 aromatic heterocycles. The van der Waals surface area contributed by atoms with Crippen molar-refractivity contribution in [3.05, 3.63) is 78.0 Å². The molecule has 1 aliphatic heterocycles. The summed E-state index contributed by atoms with van der Waals surface area (Å²) >= 11 is 0. The Morgan fingerprint density at radius 2 is 0.955 bits per heavy atom. The van der Waals surface area contributed by atoms with Crippen LogP contribution in [-0.2, 0) is 13.1 Å². The van der Waals surface area contributed by atoms with E-state index in [1.54, 1.807) is 42.7 Å². The first-order valence-electron chi connectivity index (χ1n) is 14.6. The van der Waals surface area contributed by atoms with E-state index in [-0.39, 0.29) is 0 Å². The van der Waals surface area contributed by atoms with E-state index in [2.05, 4.69) is 51.2 Å². The lowest BCUT2D eigenvalue weighted by atomic mass is 10.0. The van der Waals surface area contributed by atoms with Gasteiger partial charge in [-0.25, -0.2) is 0 Å². The van der Waals surface area contributed by atoms with Crippen LogP contribution in [0.5, 0.6) is 34.5 Å². The molecule has 9 nitrogen and oxygen atoms in total. The Kier molecular flexibility index (Phi) is 10.1. The van der Waals surface area contributed by atoms with Crippen LogP contribution in [0.3, 0.4) is 0 Å². The van der Waals surface area contributed by atoms with Crippen molar-refractivity contribution < 1.29 is 28.4 Å². The molecule has 9 heteroatoms. The maximum absolute atomic E-state index is 5.54. The average Bonchev–Trinajstić information content (AvgIpc) is 3.08. The summed E-state index contributed by atoms with van der Waals surface area (Å²) in [7, 11) is 9.73. The number of aromatic nitrogens is 1. The van der Waals surface area contributed by atoms with E-state index in [9.17, 15) is 0 Å². The number of ether oxygens (including phenoxy) is 6. The molecule has 232 valence electrons. The predicted molar refractivity (Wildman–Crippen MR) is 171 cm³/mol. The second kappa shape index (κ2) is 14.3. The van der Waals surface area contributed by atoms with E-state index in [4.69, 9.17) is 28.4 Å². The van der Waals surface area contributed by atoms with E-state index in [1.165, 1.54) is 11.1 Å². The molecule has 0 aliphatic carbocycles. The van der Waals surface area contributed by atoms with Crippen molar-refractivity contribution >= 4 is 0 Å². The second-order valence-corrected chi connectivity index (χ2v) is 10.6. The van der Waals surface area contributed by atoms with Gasteiger partial charge in [-0.3, -0.25) is 14.8 Å². The first kappa shape index (κ1) is 31.0. The lowest BCUT2D eigenvalue weighted by Crippen LogP contribution is -2.45. The summed E-state index contributed by atoms with van der Waals surface area (Å²) in [6.07, 6.45) is 1.87. The van der Waals surface area contributed by atoms with Crippen molar-refractivity contribution in [3.8, 4) is 56.9 Å². The number of hydrogen-bond acceptors (Lipinski definition) is 9. The Morgan fingerprint density at radius 1 is 0.500 bits per heavy atom. The molecule has 0 saturated carbocycles. The number of rotatable bonds is 12. The molecule has 0 atom stereocenters. The van der Waals surface area contributed by atoms with Crippen LogP contribution in [0.2, 0.25) is 0 Å². The zero-order valence-corrected chi connectivity index (χ0v) is 26.4. The Morgan fingerprint density at radius 3 is 1.41 bits per heavy atom. The third kappa shape index (κ3) is 6.85. The Hall–Kier alpha value is -4.47. The van der Waals surface area contributed by atoms with E-state index in [0.717, 1.165) is 61.7 Å². The van der Waals surface area contributed by atoms with Crippen LogP contribution in [0, 0.1) is 0 Å². The molecule has 0 unspecified atom stereocenters. The Balaban J connectivity index is 1.19. The van der Waals surface area contributed by atoms with Crippen LogP contribution < -0.4 is 28.4 Å². The Bertz CT molecular complexity index is 1500.